The number of hydrogen-bond donors (Lipinski definition) is 1. The summed E-state index contributed by atoms with van der Waals surface area (Å²) in [7, 11) is 0. The monoisotopic (exact) mass is 377 g/mol. The van der Waals surface area contributed by atoms with Crippen LogP contribution in [0.5, 0.6) is 0 Å². The largest absolute Gasteiger partial charge is 0.452 e. The number of carbonyl (C=O) groups is 2. The Labute approximate surface area is 156 Å². The summed E-state index contributed by atoms with van der Waals surface area (Å²) < 4.78 is 5.08. The highest BCUT2D eigenvalue weighted by atomic mass is 35.5. The summed E-state index contributed by atoms with van der Waals surface area (Å²) in [6.07, 6.45) is 0. The molecule has 0 heterocycles. The molecule has 0 aliphatic heterocycles. The van der Waals surface area contributed by atoms with Crippen molar-refractivity contribution in [1.82, 2.24) is 5.32 Å². The highest BCUT2D eigenvalue weighted by molar-refractivity contribution is 7.99. The number of esters is 1. The number of carbonyl (C=O) groups excluding carboxylic acids is 2. The van der Waals surface area contributed by atoms with Gasteiger partial charge in [0, 0.05) is 22.2 Å². The molecule has 0 aliphatic rings. The molecule has 1 amide bonds. The number of halogens is 1. The van der Waals surface area contributed by atoms with E-state index in [1.54, 1.807) is 23.9 Å². The summed E-state index contributed by atoms with van der Waals surface area (Å²) in [4.78, 5) is 24.9. The van der Waals surface area contributed by atoms with E-state index < -0.39 is 5.97 Å². The van der Waals surface area contributed by atoms with Gasteiger partial charge in [-0.1, -0.05) is 23.7 Å². The topological polar surface area (TPSA) is 55.4 Å². The van der Waals surface area contributed by atoms with Crippen molar-refractivity contribution in [1.29, 1.82) is 0 Å². The van der Waals surface area contributed by atoms with Crippen LogP contribution in [0, 0.1) is 13.8 Å². The van der Waals surface area contributed by atoms with Gasteiger partial charge in [-0.05, 0) is 55.3 Å². The van der Waals surface area contributed by atoms with E-state index in [0.717, 1.165) is 21.8 Å². The van der Waals surface area contributed by atoms with Crippen LogP contribution in [0.15, 0.2) is 47.4 Å². The van der Waals surface area contributed by atoms with Crippen molar-refractivity contribution in [2.75, 3.05) is 18.9 Å². The summed E-state index contributed by atoms with van der Waals surface area (Å²) in [5, 5.41) is 3.43. The van der Waals surface area contributed by atoms with Crippen LogP contribution in [0.2, 0.25) is 5.02 Å². The standard InChI is InChI=1S/C19H20ClNO3S/c1-13-4-3-5-17(14(13)2)19(23)24-12-18(22)21-10-11-25-16-8-6-15(20)7-9-16/h3-9H,10-12H2,1-2H3,(H,21,22). The van der Waals surface area contributed by atoms with Crippen LogP contribution in [0.4, 0.5) is 0 Å². The smallest absolute Gasteiger partial charge is 0.338 e. The molecule has 6 heteroatoms. The van der Waals surface area contributed by atoms with Gasteiger partial charge in [-0.15, -0.1) is 11.8 Å². The molecular formula is C19H20ClNO3S. The Kier molecular flexibility index (Phi) is 7.34. The molecule has 2 aromatic carbocycles. The second-order valence-electron chi connectivity index (χ2n) is 5.48. The lowest BCUT2D eigenvalue weighted by atomic mass is 10.0. The molecule has 1 N–H and O–H groups in total. The zero-order valence-electron chi connectivity index (χ0n) is 14.2. The molecule has 0 fully saturated rings. The zero-order valence-corrected chi connectivity index (χ0v) is 15.7. The Hall–Kier alpha value is -1.98. The van der Waals surface area contributed by atoms with Gasteiger partial charge in [0.2, 0.25) is 0 Å². The molecule has 4 nitrogen and oxygen atoms in total. The molecule has 132 valence electrons. The van der Waals surface area contributed by atoms with Crippen LogP contribution >= 0.6 is 23.4 Å². The average molecular weight is 378 g/mol. The van der Waals surface area contributed by atoms with Crippen molar-refractivity contribution >= 4 is 35.2 Å². The van der Waals surface area contributed by atoms with Crippen molar-refractivity contribution in [3.63, 3.8) is 0 Å². The third-order valence-corrected chi connectivity index (χ3v) is 4.93. The first-order chi connectivity index (χ1) is 12.0. The molecule has 0 aromatic heterocycles. The number of aryl methyl sites for hydroxylation is 1. The van der Waals surface area contributed by atoms with E-state index in [1.165, 1.54) is 0 Å². The molecule has 2 rings (SSSR count). The van der Waals surface area contributed by atoms with Crippen LogP contribution in [-0.4, -0.2) is 30.8 Å². The van der Waals surface area contributed by atoms with E-state index in [2.05, 4.69) is 5.32 Å². The molecule has 0 spiro atoms. The molecule has 0 bridgehead atoms. The van der Waals surface area contributed by atoms with E-state index in [-0.39, 0.29) is 12.5 Å². The number of ether oxygens (including phenoxy) is 1. The van der Waals surface area contributed by atoms with E-state index in [0.29, 0.717) is 17.1 Å². The van der Waals surface area contributed by atoms with Crippen LogP contribution < -0.4 is 5.32 Å². The van der Waals surface area contributed by atoms with E-state index in [1.807, 2.05) is 44.2 Å². The van der Waals surface area contributed by atoms with Crippen molar-refractivity contribution in [2.45, 2.75) is 18.7 Å². The Balaban J connectivity index is 1.69. The van der Waals surface area contributed by atoms with Gasteiger partial charge in [-0.25, -0.2) is 4.79 Å². The zero-order chi connectivity index (χ0) is 18.2. The maximum atomic E-state index is 12.0. The summed E-state index contributed by atoms with van der Waals surface area (Å²) in [6, 6.07) is 12.9. The number of rotatable bonds is 7. The van der Waals surface area contributed by atoms with Gasteiger partial charge < -0.3 is 10.1 Å². The summed E-state index contributed by atoms with van der Waals surface area (Å²) in [5.41, 5.74) is 2.37. The summed E-state index contributed by atoms with van der Waals surface area (Å²) in [5.74, 6) is -0.0690. The van der Waals surface area contributed by atoms with Gasteiger partial charge in [0.05, 0.1) is 5.56 Å². The first-order valence-electron chi connectivity index (χ1n) is 7.86. The van der Waals surface area contributed by atoms with Crippen LogP contribution in [0.1, 0.15) is 21.5 Å². The Morgan fingerprint density at radius 3 is 2.56 bits per heavy atom. The third-order valence-electron chi connectivity index (χ3n) is 3.67. The second-order valence-corrected chi connectivity index (χ2v) is 7.08. The number of thioether (sulfide) groups is 1. The minimum absolute atomic E-state index is 0.280. The molecule has 0 unspecified atom stereocenters. The Morgan fingerprint density at radius 1 is 1.12 bits per heavy atom. The van der Waals surface area contributed by atoms with Gasteiger partial charge in [0.25, 0.3) is 5.91 Å². The predicted octanol–water partition coefficient (Wildman–Crippen LogP) is 4.02. The lowest BCUT2D eigenvalue weighted by Gasteiger charge is -2.09. The second kappa shape index (κ2) is 9.49. The first kappa shape index (κ1) is 19.3. The number of hydrogen-bond acceptors (Lipinski definition) is 4. The van der Waals surface area contributed by atoms with Gasteiger partial charge >= 0.3 is 5.97 Å². The van der Waals surface area contributed by atoms with Crippen LogP contribution in [0.3, 0.4) is 0 Å². The van der Waals surface area contributed by atoms with Crippen molar-refractivity contribution in [3.8, 4) is 0 Å². The van der Waals surface area contributed by atoms with Crippen molar-refractivity contribution < 1.29 is 14.3 Å². The highest BCUT2D eigenvalue weighted by Crippen LogP contribution is 2.19. The average Bonchev–Trinajstić information content (AvgIpc) is 2.60. The van der Waals surface area contributed by atoms with Crippen molar-refractivity contribution in [3.05, 3.63) is 64.2 Å². The molecule has 2 aromatic rings. The molecule has 0 aliphatic carbocycles. The summed E-state index contributed by atoms with van der Waals surface area (Å²) in [6.45, 7) is 4.00. The molecule has 0 atom stereocenters. The van der Waals surface area contributed by atoms with Crippen LogP contribution in [0.25, 0.3) is 0 Å². The summed E-state index contributed by atoms with van der Waals surface area (Å²) >= 11 is 7.44. The lowest BCUT2D eigenvalue weighted by Crippen LogP contribution is -2.30. The molecule has 25 heavy (non-hydrogen) atoms. The Morgan fingerprint density at radius 2 is 1.84 bits per heavy atom. The van der Waals surface area contributed by atoms with E-state index >= 15 is 0 Å². The maximum absolute atomic E-state index is 12.0. The molecular weight excluding hydrogens is 358 g/mol. The minimum atomic E-state index is -0.480. The maximum Gasteiger partial charge on any atom is 0.338 e. The van der Waals surface area contributed by atoms with Gasteiger partial charge in [0.15, 0.2) is 6.61 Å². The third kappa shape index (κ3) is 6.11. The van der Waals surface area contributed by atoms with E-state index in [9.17, 15) is 9.59 Å². The normalized spacial score (nSPS) is 10.4. The fraction of sp³-hybridized carbons (Fsp3) is 0.263. The molecule has 0 radical (unpaired) electrons. The number of amides is 1. The number of benzene rings is 2. The quantitative estimate of drug-likeness (QED) is 0.449. The fourth-order valence-corrected chi connectivity index (χ4v) is 3.02. The Bertz CT molecular complexity index is 747. The van der Waals surface area contributed by atoms with E-state index in [4.69, 9.17) is 16.3 Å². The van der Waals surface area contributed by atoms with Crippen LogP contribution in [-0.2, 0) is 9.53 Å². The predicted molar refractivity (Wildman–Crippen MR) is 101 cm³/mol. The van der Waals surface area contributed by atoms with Crippen molar-refractivity contribution in [2.24, 2.45) is 0 Å². The number of nitrogens with one attached hydrogen (secondary N) is 1. The lowest BCUT2D eigenvalue weighted by molar-refractivity contribution is -0.124. The fourth-order valence-electron chi connectivity index (χ4n) is 2.12. The minimum Gasteiger partial charge on any atom is -0.452 e. The highest BCUT2D eigenvalue weighted by Gasteiger charge is 2.13. The van der Waals surface area contributed by atoms with Gasteiger partial charge in [0.1, 0.15) is 0 Å². The molecule has 0 saturated carbocycles. The molecule has 0 saturated heterocycles. The van der Waals surface area contributed by atoms with Gasteiger partial charge in [-0.2, -0.15) is 0 Å². The van der Waals surface area contributed by atoms with Gasteiger partial charge in [-0.3, -0.25) is 4.79 Å². The SMILES string of the molecule is Cc1cccc(C(=O)OCC(=O)NCCSc2ccc(Cl)cc2)c1C. The first-order valence-corrected chi connectivity index (χ1v) is 9.22.